The van der Waals surface area contributed by atoms with Crippen molar-refractivity contribution in [2.75, 3.05) is 26.8 Å². The van der Waals surface area contributed by atoms with Crippen molar-refractivity contribution in [1.29, 1.82) is 0 Å². The maximum Gasteiger partial charge on any atom is 0.338 e. The number of aromatic carboxylic acids is 1. The SMILES string of the molecule is COc1cc(C(=O)O)c(F)c2c1nc(CN1CCC(C)CC1)n2CC1CCO1. The maximum atomic E-state index is 15.2. The largest absolute Gasteiger partial charge is 0.494 e. The van der Waals surface area contributed by atoms with E-state index in [2.05, 4.69) is 16.8 Å². The van der Waals surface area contributed by atoms with Gasteiger partial charge in [-0.3, -0.25) is 4.90 Å². The molecule has 4 rings (SSSR count). The van der Waals surface area contributed by atoms with E-state index < -0.39 is 17.3 Å². The molecule has 2 aliphatic rings. The molecule has 2 aliphatic heterocycles. The number of carbonyl (C=O) groups is 1. The summed E-state index contributed by atoms with van der Waals surface area (Å²) in [5.41, 5.74) is 0.149. The van der Waals surface area contributed by atoms with Crippen LogP contribution in [0.1, 0.15) is 42.4 Å². The summed E-state index contributed by atoms with van der Waals surface area (Å²) in [6, 6.07) is 1.21. The molecule has 2 aromatic rings. The molecule has 1 aromatic heterocycles. The van der Waals surface area contributed by atoms with E-state index in [4.69, 9.17) is 9.47 Å². The summed E-state index contributed by atoms with van der Waals surface area (Å²) in [5.74, 6) is -0.380. The van der Waals surface area contributed by atoms with Crippen molar-refractivity contribution in [1.82, 2.24) is 14.5 Å². The first kappa shape index (κ1) is 19.1. The number of ether oxygens (including phenoxy) is 2. The van der Waals surface area contributed by atoms with Gasteiger partial charge in [-0.05, 0) is 38.3 Å². The third-order valence-corrected chi connectivity index (χ3v) is 5.87. The van der Waals surface area contributed by atoms with E-state index in [1.807, 2.05) is 0 Å². The molecule has 0 bridgehead atoms. The van der Waals surface area contributed by atoms with Crippen molar-refractivity contribution in [2.24, 2.45) is 5.92 Å². The number of rotatable bonds is 6. The summed E-state index contributed by atoms with van der Waals surface area (Å²) in [6.45, 7) is 5.96. The number of benzene rings is 1. The second kappa shape index (κ2) is 7.67. The van der Waals surface area contributed by atoms with Gasteiger partial charge in [-0.1, -0.05) is 6.92 Å². The number of fused-ring (bicyclic) bond motifs is 1. The number of imidazole rings is 1. The van der Waals surface area contributed by atoms with Gasteiger partial charge >= 0.3 is 5.97 Å². The van der Waals surface area contributed by atoms with Gasteiger partial charge in [0, 0.05) is 12.7 Å². The van der Waals surface area contributed by atoms with E-state index in [1.165, 1.54) is 13.2 Å². The van der Waals surface area contributed by atoms with Gasteiger partial charge in [-0.15, -0.1) is 0 Å². The predicted octanol–water partition coefficient (Wildman–Crippen LogP) is 2.90. The van der Waals surface area contributed by atoms with Crippen LogP contribution in [0.2, 0.25) is 0 Å². The summed E-state index contributed by atoms with van der Waals surface area (Å²) in [7, 11) is 1.44. The van der Waals surface area contributed by atoms with Crippen LogP contribution in [-0.4, -0.2) is 58.4 Å². The summed E-state index contributed by atoms with van der Waals surface area (Å²) < 4.78 is 27.8. The van der Waals surface area contributed by atoms with E-state index in [-0.39, 0.29) is 17.4 Å². The Hall–Kier alpha value is -2.19. The fourth-order valence-corrected chi connectivity index (χ4v) is 3.96. The first-order chi connectivity index (χ1) is 13.5. The number of aromatic nitrogens is 2. The lowest BCUT2D eigenvalue weighted by atomic mass is 9.99. The van der Waals surface area contributed by atoms with Gasteiger partial charge in [0.05, 0.1) is 26.3 Å². The number of methoxy groups -OCH3 is 1. The number of nitrogens with zero attached hydrogens (tertiary/aromatic N) is 3. The Balaban J connectivity index is 1.79. The number of halogens is 1. The number of carboxylic acids is 1. The van der Waals surface area contributed by atoms with Crippen molar-refractivity contribution in [2.45, 2.75) is 45.4 Å². The van der Waals surface area contributed by atoms with E-state index in [1.54, 1.807) is 4.57 Å². The van der Waals surface area contributed by atoms with Gasteiger partial charge in [0.2, 0.25) is 0 Å². The van der Waals surface area contributed by atoms with Gasteiger partial charge in [-0.2, -0.15) is 0 Å². The van der Waals surface area contributed by atoms with Crippen LogP contribution >= 0.6 is 0 Å². The Kier molecular flexibility index (Phi) is 5.25. The minimum atomic E-state index is -1.32. The number of likely N-dealkylation sites (tertiary alicyclic amines) is 1. The Labute approximate surface area is 163 Å². The van der Waals surface area contributed by atoms with Crippen LogP contribution in [0.3, 0.4) is 0 Å². The maximum absolute atomic E-state index is 15.2. The third kappa shape index (κ3) is 3.46. The van der Waals surface area contributed by atoms with Crippen molar-refractivity contribution in [3.05, 3.63) is 23.3 Å². The monoisotopic (exact) mass is 391 g/mol. The van der Waals surface area contributed by atoms with Crippen molar-refractivity contribution in [3.8, 4) is 5.75 Å². The zero-order valence-corrected chi connectivity index (χ0v) is 16.3. The molecular formula is C20H26FN3O4. The van der Waals surface area contributed by atoms with E-state index in [0.717, 1.165) is 38.2 Å². The lowest BCUT2D eigenvalue weighted by Crippen LogP contribution is -2.35. The normalized spacial score (nSPS) is 21.0. The molecule has 0 amide bonds. The predicted molar refractivity (Wildman–Crippen MR) is 101 cm³/mol. The molecule has 8 heteroatoms. The van der Waals surface area contributed by atoms with Gasteiger partial charge in [0.1, 0.15) is 28.2 Å². The molecule has 152 valence electrons. The highest BCUT2D eigenvalue weighted by Crippen LogP contribution is 2.33. The molecule has 0 aliphatic carbocycles. The molecule has 1 N–H and O–H groups in total. The summed E-state index contributed by atoms with van der Waals surface area (Å²) in [6.07, 6.45) is 3.16. The average molecular weight is 391 g/mol. The molecule has 0 saturated carbocycles. The number of piperidine rings is 1. The quantitative estimate of drug-likeness (QED) is 0.816. The molecule has 1 unspecified atom stereocenters. The zero-order valence-electron chi connectivity index (χ0n) is 16.3. The van der Waals surface area contributed by atoms with Crippen LogP contribution in [0.4, 0.5) is 4.39 Å². The molecule has 3 heterocycles. The van der Waals surface area contributed by atoms with Crippen LogP contribution in [0.15, 0.2) is 6.07 Å². The highest BCUT2D eigenvalue weighted by molar-refractivity contribution is 5.96. The third-order valence-electron chi connectivity index (χ3n) is 5.87. The lowest BCUT2D eigenvalue weighted by Gasteiger charge is -2.31. The molecule has 2 saturated heterocycles. The molecule has 28 heavy (non-hydrogen) atoms. The first-order valence-corrected chi connectivity index (χ1v) is 9.80. The molecule has 2 fully saturated rings. The zero-order chi connectivity index (χ0) is 19.8. The second-order valence-electron chi connectivity index (χ2n) is 7.82. The Morgan fingerprint density at radius 3 is 2.68 bits per heavy atom. The van der Waals surface area contributed by atoms with Crippen LogP contribution < -0.4 is 4.74 Å². The van der Waals surface area contributed by atoms with Crippen LogP contribution in [-0.2, 0) is 17.8 Å². The Morgan fingerprint density at radius 2 is 2.11 bits per heavy atom. The first-order valence-electron chi connectivity index (χ1n) is 9.80. The van der Waals surface area contributed by atoms with E-state index >= 15 is 4.39 Å². The number of hydrogen-bond acceptors (Lipinski definition) is 5. The second-order valence-corrected chi connectivity index (χ2v) is 7.82. The smallest absolute Gasteiger partial charge is 0.338 e. The van der Waals surface area contributed by atoms with Gasteiger partial charge in [-0.25, -0.2) is 14.2 Å². The molecule has 0 radical (unpaired) electrons. The van der Waals surface area contributed by atoms with Gasteiger partial charge in [0.25, 0.3) is 0 Å². The summed E-state index contributed by atoms with van der Waals surface area (Å²) in [5, 5.41) is 9.41. The number of carboxylic acid groups (broad SMARTS) is 1. The summed E-state index contributed by atoms with van der Waals surface area (Å²) in [4.78, 5) is 18.5. The molecular weight excluding hydrogens is 365 g/mol. The van der Waals surface area contributed by atoms with Gasteiger partial charge in [0.15, 0.2) is 5.82 Å². The van der Waals surface area contributed by atoms with Crippen molar-refractivity contribution >= 4 is 17.0 Å². The van der Waals surface area contributed by atoms with Gasteiger partial charge < -0.3 is 19.1 Å². The highest BCUT2D eigenvalue weighted by atomic mass is 19.1. The molecule has 7 nitrogen and oxygen atoms in total. The molecule has 1 aromatic carbocycles. The van der Waals surface area contributed by atoms with Crippen molar-refractivity contribution < 1.29 is 23.8 Å². The topological polar surface area (TPSA) is 76.8 Å². The van der Waals surface area contributed by atoms with Crippen LogP contribution in [0.5, 0.6) is 5.75 Å². The molecule has 0 spiro atoms. The average Bonchev–Trinajstić information content (AvgIpc) is 2.99. The fourth-order valence-electron chi connectivity index (χ4n) is 3.96. The van der Waals surface area contributed by atoms with E-state index in [0.29, 0.717) is 31.1 Å². The minimum absolute atomic E-state index is 0.00333. The van der Waals surface area contributed by atoms with Crippen LogP contribution in [0.25, 0.3) is 11.0 Å². The number of hydrogen-bond donors (Lipinski definition) is 1. The fraction of sp³-hybridized carbons (Fsp3) is 0.600. The molecule has 1 atom stereocenters. The van der Waals surface area contributed by atoms with Crippen LogP contribution in [0, 0.1) is 11.7 Å². The minimum Gasteiger partial charge on any atom is -0.494 e. The summed E-state index contributed by atoms with van der Waals surface area (Å²) >= 11 is 0. The standard InChI is InChI=1S/C20H26FN3O4/c1-12-3-6-23(7-4-12)11-16-22-18-15(27-2)9-14(20(25)26)17(21)19(18)24(16)10-13-5-8-28-13/h9,12-13H,3-8,10-11H2,1-2H3,(H,25,26). The Morgan fingerprint density at radius 1 is 1.39 bits per heavy atom. The van der Waals surface area contributed by atoms with E-state index in [9.17, 15) is 9.90 Å². The van der Waals surface area contributed by atoms with Crippen molar-refractivity contribution in [3.63, 3.8) is 0 Å². The Bertz CT molecular complexity index is 885. The highest BCUT2D eigenvalue weighted by Gasteiger charge is 2.28. The lowest BCUT2D eigenvalue weighted by molar-refractivity contribution is -0.0592.